The molecule has 0 bridgehead atoms. The van der Waals surface area contributed by atoms with Crippen LogP contribution in [0.3, 0.4) is 0 Å². The van der Waals surface area contributed by atoms with Crippen LogP contribution >= 0.6 is 0 Å². The molecule has 59 valence electrons. The van der Waals surface area contributed by atoms with Gasteiger partial charge in [-0.05, 0) is 0 Å². The minimum atomic E-state index is -1.11. The van der Waals surface area contributed by atoms with Gasteiger partial charge in [0, 0.05) is 35.6 Å². The van der Waals surface area contributed by atoms with E-state index in [2.05, 4.69) is 0 Å². The van der Waals surface area contributed by atoms with E-state index in [0.717, 1.165) is 0 Å². The fourth-order valence-corrected chi connectivity index (χ4v) is 0.300. The predicted octanol–water partition coefficient (Wildman–Crippen LogP) is -2.06. The van der Waals surface area contributed by atoms with Crippen molar-refractivity contribution < 1.29 is 56.0 Å². The van der Waals surface area contributed by atoms with E-state index in [0.29, 0.717) is 0 Å². The van der Waals surface area contributed by atoms with Gasteiger partial charge >= 0.3 is 0 Å². The second-order valence-electron chi connectivity index (χ2n) is 2.13. The van der Waals surface area contributed by atoms with E-state index >= 15 is 0 Å². The Balaban J connectivity index is 0. The normalized spacial score (nSPS) is 10.8. The van der Waals surface area contributed by atoms with Crippen LogP contribution in [0.5, 0.6) is 0 Å². The third kappa shape index (κ3) is 3.43. The van der Waals surface area contributed by atoms with E-state index in [1.807, 2.05) is 0 Å². The Morgan fingerprint density at radius 3 is 0.900 bits per heavy atom. The van der Waals surface area contributed by atoms with Gasteiger partial charge in [0.1, 0.15) is 0 Å². The fraction of sp³-hybridized carbons (Fsp3) is 1.00. The number of aliphatic hydroxyl groups excluding tert-OH is 4. The average Bonchev–Trinajstić information content (AvgIpc) is 1.95. The molecule has 5 heteroatoms. The molecule has 0 heterocycles. The SMILES string of the molecule is OCC(CO)(CO)CO.[La]. The molecule has 0 rings (SSSR count). The van der Waals surface area contributed by atoms with Crippen LogP contribution in [-0.4, -0.2) is 46.9 Å². The van der Waals surface area contributed by atoms with Gasteiger partial charge in [-0.15, -0.1) is 0 Å². The van der Waals surface area contributed by atoms with E-state index in [1.54, 1.807) is 0 Å². The van der Waals surface area contributed by atoms with Crippen molar-refractivity contribution in [2.24, 2.45) is 5.41 Å². The minimum absolute atomic E-state index is 0. The van der Waals surface area contributed by atoms with E-state index < -0.39 is 31.8 Å². The number of rotatable bonds is 4. The van der Waals surface area contributed by atoms with Crippen LogP contribution in [-0.2, 0) is 0 Å². The smallest absolute Gasteiger partial charge is 0.0627 e. The minimum Gasteiger partial charge on any atom is -0.396 e. The summed E-state index contributed by atoms with van der Waals surface area (Å²) in [5, 5.41) is 34.0. The first-order valence-electron chi connectivity index (χ1n) is 2.68. The summed E-state index contributed by atoms with van der Waals surface area (Å²) in [5.41, 5.74) is -1.11. The predicted molar refractivity (Wildman–Crippen MR) is 30.8 cm³/mol. The topological polar surface area (TPSA) is 80.9 Å². The summed E-state index contributed by atoms with van der Waals surface area (Å²) in [6.07, 6.45) is 0. The molecule has 0 atom stereocenters. The zero-order valence-corrected chi connectivity index (χ0v) is 9.32. The van der Waals surface area contributed by atoms with E-state index in [9.17, 15) is 0 Å². The summed E-state index contributed by atoms with van der Waals surface area (Å²) in [6, 6.07) is 0. The van der Waals surface area contributed by atoms with Crippen molar-refractivity contribution in [3.05, 3.63) is 0 Å². The standard InChI is InChI=1S/C5H12O4.La/c6-1-5(2-7,3-8)4-9;/h6-9H,1-4H2;. The van der Waals surface area contributed by atoms with Crippen molar-refractivity contribution in [2.75, 3.05) is 26.4 Å². The molecule has 4 nitrogen and oxygen atoms in total. The summed E-state index contributed by atoms with van der Waals surface area (Å²) in [4.78, 5) is 0. The van der Waals surface area contributed by atoms with Crippen LogP contribution in [0, 0.1) is 41.0 Å². The Morgan fingerprint density at radius 1 is 0.700 bits per heavy atom. The fourth-order valence-electron chi connectivity index (χ4n) is 0.300. The molecule has 0 fully saturated rings. The molecule has 0 aromatic rings. The van der Waals surface area contributed by atoms with Gasteiger partial charge in [-0.25, -0.2) is 0 Å². The van der Waals surface area contributed by atoms with Crippen molar-refractivity contribution in [2.45, 2.75) is 0 Å². The molecule has 0 aliphatic rings. The first-order valence-corrected chi connectivity index (χ1v) is 2.68. The van der Waals surface area contributed by atoms with Crippen molar-refractivity contribution >= 4 is 0 Å². The molecule has 0 unspecified atom stereocenters. The van der Waals surface area contributed by atoms with Gasteiger partial charge in [0.15, 0.2) is 0 Å². The molecule has 1 radical (unpaired) electrons. The zero-order chi connectivity index (χ0) is 7.33. The molecule has 0 saturated heterocycles. The van der Waals surface area contributed by atoms with Crippen LogP contribution in [0.25, 0.3) is 0 Å². The van der Waals surface area contributed by atoms with Crippen molar-refractivity contribution in [3.63, 3.8) is 0 Å². The average molecular weight is 275 g/mol. The summed E-state index contributed by atoms with van der Waals surface area (Å²) in [6.45, 7) is -1.62. The molecule has 0 saturated carbocycles. The monoisotopic (exact) mass is 275 g/mol. The number of hydrogen-bond acceptors (Lipinski definition) is 4. The summed E-state index contributed by atoms with van der Waals surface area (Å²) in [7, 11) is 0. The quantitative estimate of drug-likeness (QED) is 0.476. The summed E-state index contributed by atoms with van der Waals surface area (Å²) >= 11 is 0. The Kier molecular flexibility index (Phi) is 9.16. The third-order valence-electron chi connectivity index (χ3n) is 1.34. The van der Waals surface area contributed by atoms with Crippen molar-refractivity contribution in [1.82, 2.24) is 0 Å². The maximum atomic E-state index is 8.50. The Bertz CT molecular complexity index is 56.5. The summed E-state index contributed by atoms with van der Waals surface area (Å²) in [5.74, 6) is 0. The second kappa shape index (κ2) is 6.73. The van der Waals surface area contributed by atoms with Crippen LogP contribution in [0.4, 0.5) is 0 Å². The zero-order valence-electron chi connectivity index (χ0n) is 5.69. The van der Waals surface area contributed by atoms with Crippen LogP contribution in [0.2, 0.25) is 0 Å². The van der Waals surface area contributed by atoms with Crippen molar-refractivity contribution in [1.29, 1.82) is 0 Å². The van der Waals surface area contributed by atoms with Crippen LogP contribution in [0.1, 0.15) is 0 Å². The van der Waals surface area contributed by atoms with Crippen molar-refractivity contribution in [3.8, 4) is 0 Å². The van der Waals surface area contributed by atoms with Gasteiger partial charge < -0.3 is 20.4 Å². The van der Waals surface area contributed by atoms with Crippen LogP contribution in [0.15, 0.2) is 0 Å². The van der Waals surface area contributed by atoms with E-state index in [4.69, 9.17) is 20.4 Å². The Morgan fingerprint density at radius 2 is 0.900 bits per heavy atom. The molecule has 0 aliphatic heterocycles. The molecule has 0 amide bonds. The Labute approximate surface area is 87.5 Å². The first-order chi connectivity index (χ1) is 4.24. The van der Waals surface area contributed by atoms with Gasteiger partial charge in [0.2, 0.25) is 0 Å². The molecular weight excluding hydrogens is 263 g/mol. The maximum absolute atomic E-state index is 8.50. The third-order valence-corrected chi connectivity index (χ3v) is 1.34. The second-order valence-corrected chi connectivity index (χ2v) is 2.13. The maximum Gasteiger partial charge on any atom is 0.0627 e. The van der Waals surface area contributed by atoms with Gasteiger partial charge in [-0.1, -0.05) is 0 Å². The molecular formula is C5H12LaO4. The summed E-state index contributed by atoms with van der Waals surface area (Å²) < 4.78 is 0. The Hall–Kier alpha value is 1.03. The van der Waals surface area contributed by atoms with Gasteiger partial charge in [0.25, 0.3) is 0 Å². The number of hydrogen-bond donors (Lipinski definition) is 4. The molecule has 0 aromatic heterocycles. The van der Waals surface area contributed by atoms with Crippen LogP contribution < -0.4 is 0 Å². The molecule has 4 N–H and O–H groups in total. The molecule has 0 aromatic carbocycles. The largest absolute Gasteiger partial charge is 0.396 e. The van der Waals surface area contributed by atoms with Gasteiger partial charge in [-0.2, -0.15) is 0 Å². The van der Waals surface area contributed by atoms with E-state index in [-0.39, 0.29) is 35.6 Å². The number of aliphatic hydroxyl groups is 4. The molecule has 10 heavy (non-hydrogen) atoms. The molecule has 0 aliphatic carbocycles. The van der Waals surface area contributed by atoms with Gasteiger partial charge in [-0.3, -0.25) is 0 Å². The van der Waals surface area contributed by atoms with Gasteiger partial charge in [0.05, 0.1) is 31.8 Å². The van der Waals surface area contributed by atoms with E-state index in [1.165, 1.54) is 0 Å². The molecule has 0 spiro atoms. The first kappa shape index (κ1) is 13.6.